The van der Waals surface area contributed by atoms with E-state index in [9.17, 15) is 9.59 Å². The van der Waals surface area contributed by atoms with Crippen molar-refractivity contribution in [1.82, 2.24) is 30.6 Å². The highest BCUT2D eigenvalue weighted by atomic mass is 32.2. The molecule has 0 aliphatic carbocycles. The highest BCUT2D eigenvalue weighted by Crippen LogP contribution is 2.20. The first-order valence-corrected chi connectivity index (χ1v) is 8.65. The molecule has 3 heterocycles. The van der Waals surface area contributed by atoms with Crippen molar-refractivity contribution in [2.24, 2.45) is 5.92 Å². The molecule has 1 atom stereocenters. The SMILES string of the molecule is O=C(NCCSc1cn[nH]n1)[C@@H]1CC(=O)N(Cc2ccccn2)C1. The summed E-state index contributed by atoms with van der Waals surface area (Å²) in [6.45, 7) is 1.42. The Morgan fingerprint density at radius 2 is 2.38 bits per heavy atom. The van der Waals surface area contributed by atoms with E-state index in [1.165, 1.54) is 11.8 Å². The third-order valence-electron chi connectivity index (χ3n) is 3.71. The molecule has 0 aromatic carbocycles. The van der Waals surface area contributed by atoms with Crippen LogP contribution in [-0.2, 0) is 16.1 Å². The lowest BCUT2D eigenvalue weighted by atomic mass is 10.1. The van der Waals surface area contributed by atoms with Crippen molar-refractivity contribution in [2.75, 3.05) is 18.8 Å². The molecule has 0 spiro atoms. The second-order valence-corrected chi connectivity index (χ2v) is 6.56. The van der Waals surface area contributed by atoms with Gasteiger partial charge in [0.05, 0.1) is 24.4 Å². The molecule has 1 fully saturated rings. The molecule has 3 rings (SSSR count). The Morgan fingerprint density at radius 1 is 1.46 bits per heavy atom. The monoisotopic (exact) mass is 346 g/mol. The van der Waals surface area contributed by atoms with E-state index in [1.54, 1.807) is 17.3 Å². The van der Waals surface area contributed by atoms with Crippen molar-refractivity contribution < 1.29 is 9.59 Å². The van der Waals surface area contributed by atoms with E-state index in [0.29, 0.717) is 25.4 Å². The summed E-state index contributed by atoms with van der Waals surface area (Å²) in [6, 6.07) is 5.60. The van der Waals surface area contributed by atoms with Gasteiger partial charge in [-0.15, -0.1) is 16.9 Å². The fourth-order valence-corrected chi connectivity index (χ4v) is 3.17. The molecule has 1 aliphatic rings. The van der Waals surface area contributed by atoms with Gasteiger partial charge in [-0.25, -0.2) is 0 Å². The summed E-state index contributed by atoms with van der Waals surface area (Å²) >= 11 is 1.51. The summed E-state index contributed by atoms with van der Waals surface area (Å²) < 4.78 is 0. The van der Waals surface area contributed by atoms with Gasteiger partial charge in [-0.3, -0.25) is 14.6 Å². The maximum absolute atomic E-state index is 12.2. The fraction of sp³-hybridized carbons (Fsp3) is 0.400. The maximum atomic E-state index is 12.2. The number of likely N-dealkylation sites (tertiary alicyclic amines) is 1. The summed E-state index contributed by atoms with van der Waals surface area (Å²) in [7, 11) is 0. The van der Waals surface area contributed by atoms with E-state index < -0.39 is 0 Å². The molecule has 0 saturated carbocycles. The molecular weight excluding hydrogens is 328 g/mol. The van der Waals surface area contributed by atoms with Crippen LogP contribution in [0.1, 0.15) is 12.1 Å². The van der Waals surface area contributed by atoms with Gasteiger partial charge in [0.2, 0.25) is 11.8 Å². The van der Waals surface area contributed by atoms with Crippen LogP contribution in [0.2, 0.25) is 0 Å². The van der Waals surface area contributed by atoms with E-state index in [0.717, 1.165) is 10.7 Å². The van der Waals surface area contributed by atoms with Crippen LogP contribution in [0.25, 0.3) is 0 Å². The Labute approximate surface area is 143 Å². The number of aromatic nitrogens is 4. The van der Waals surface area contributed by atoms with Gasteiger partial charge >= 0.3 is 0 Å². The third kappa shape index (κ3) is 4.31. The van der Waals surface area contributed by atoms with Crippen LogP contribution in [0.5, 0.6) is 0 Å². The Kier molecular flexibility index (Phi) is 5.42. The highest BCUT2D eigenvalue weighted by Gasteiger charge is 2.34. The van der Waals surface area contributed by atoms with Crippen molar-refractivity contribution in [1.29, 1.82) is 0 Å². The normalized spacial score (nSPS) is 17.2. The van der Waals surface area contributed by atoms with Crippen LogP contribution in [0.3, 0.4) is 0 Å². The first kappa shape index (κ1) is 16.4. The number of carbonyl (C=O) groups is 2. The molecule has 2 aromatic rings. The summed E-state index contributed by atoms with van der Waals surface area (Å²) in [5.41, 5.74) is 0.830. The number of hydrogen-bond acceptors (Lipinski definition) is 6. The molecule has 0 bridgehead atoms. The van der Waals surface area contributed by atoms with Gasteiger partial charge in [0.15, 0.2) is 0 Å². The minimum atomic E-state index is -0.293. The van der Waals surface area contributed by atoms with Crippen LogP contribution in [-0.4, -0.2) is 56.0 Å². The van der Waals surface area contributed by atoms with E-state index >= 15 is 0 Å². The molecule has 8 nitrogen and oxygen atoms in total. The van der Waals surface area contributed by atoms with Crippen LogP contribution in [0.15, 0.2) is 35.6 Å². The molecule has 1 saturated heterocycles. The van der Waals surface area contributed by atoms with Crippen LogP contribution in [0.4, 0.5) is 0 Å². The number of nitrogens with zero attached hydrogens (tertiary/aromatic N) is 4. The van der Waals surface area contributed by atoms with Crippen molar-refractivity contribution >= 4 is 23.6 Å². The van der Waals surface area contributed by atoms with Crippen molar-refractivity contribution in [3.63, 3.8) is 0 Å². The Morgan fingerprint density at radius 3 is 3.12 bits per heavy atom. The van der Waals surface area contributed by atoms with Crippen molar-refractivity contribution in [3.8, 4) is 0 Å². The smallest absolute Gasteiger partial charge is 0.225 e. The zero-order valence-electron chi connectivity index (χ0n) is 13.0. The lowest BCUT2D eigenvalue weighted by Gasteiger charge is -2.16. The zero-order chi connectivity index (χ0) is 16.8. The number of thioether (sulfide) groups is 1. The quantitative estimate of drug-likeness (QED) is 0.557. The predicted octanol–water partition coefficient (Wildman–Crippen LogP) is 0.457. The largest absolute Gasteiger partial charge is 0.355 e. The first-order chi connectivity index (χ1) is 11.7. The first-order valence-electron chi connectivity index (χ1n) is 7.66. The van der Waals surface area contributed by atoms with Crippen LogP contribution < -0.4 is 5.32 Å². The Hall–Kier alpha value is -2.42. The molecular formula is C15H18N6O2S. The predicted molar refractivity (Wildman–Crippen MR) is 87.9 cm³/mol. The summed E-state index contributed by atoms with van der Waals surface area (Å²) in [5.74, 6) is 0.333. The van der Waals surface area contributed by atoms with Gasteiger partial charge in [-0.05, 0) is 12.1 Å². The average molecular weight is 346 g/mol. The molecule has 126 valence electrons. The number of rotatable bonds is 7. The van der Waals surface area contributed by atoms with Gasteiger partial charge in [0.1, 0.15) is 5.03 Å². The summed E-state index contributed by atoms with van der Waals surface area (Å²) in [4.78, 5) is 30.2. The fourth-order valence-electron chi connectivity index (χ4n) is 2.52. The third-order valence-corrected chi connectivity index (χ3v) is 4.61. The summed E-state index contributed by atoms with van der Waals surface area (Å²) in [5, 5.41) is 13.9. The molecule has 1 aliphatic heterocycles. The van der Waals surface area contributed by atoms with Crippen LogP contribution >= 0.6 is 11.8 Å². The Balaban J connectivity index is 1.42. The zero-order valence-corrected chi connectivity index (χ0v) is 13.8. The number of amides is 2. The molecule has 0 unspecified atom stereocenters. The lowest BCUT2D eigenvalue weighted by molar-refractivity contribution is -0.129. The average Bonchev–Trinajstić information content (AvgIpc) is 3.23. The number of pyridine rings is 1. The second-order valence-electron chi connectivity index (χ2n) is 5.44. The molecule has 9 heteroatoms. The van der Waals surface area contributed by atoms with Crippen molar-refractivity contribution in [2.45, 2.75) is 18.0 Å². The van der Waals surface area contributed by atoms with Crippen molar-refractivity contribution in [3.05, 3.63) is 36.3 Å². The van der Waals surface area contributed by atoms with Gasteiger partial charge in [0, 0.05) is 31.5 Å². The number of aromatic amines is 1. The standard InChI is InChI=1S/C15H18N6O2S/c22-14-7-11(9-21(14)10-12-3-1-2-4-16-12)15(23)17-5-6-24-13-8-18-20-19-13/h1-4,8,11H,5-7,9-10H2,(H,17,23)(H,18,19,20)/t11-/m1/s1. The van der Waals surface area contributed by atoms with E-state index in [1.807, 2.05) is 18.2 Å². The van der Waals surface area contributed by atoms with Crippen LogP contribution in [0, 0.1) is 5.92 Å². The molecule has 2 N–H and O–H groups in total. The number of H-pyrrole nitrogens is 1. The highest BCUT2D eigenvalue weighted by molar-refractivity contribution is 7.99. The maximum Gasteiger partial charge on any atom is 0.225 e. The van der Waals surface area contributed by atoms with E-state index in [-0.39, 0.29) is 24.2 Å². The van der Waals surface area contributed by atoms with Gasteiger partial charge < -0.3 is 10.2 Å². The molecule has 0 radical (unpaired) electrons. The molecule has 2 amide bonds. The Bertz CT molecular complexity index is 679. The molecule has 2 aromatic heterocycles. The minimum Gasteiger partial charge on any atom is -0.355 e. The molecule has 24 heavy (non-hydrogen) atoms. The minimum absolute atomic E-state index is 0.00206. The topological polar surface area (TPSA) is 104 Å². The number of carbonyl (C=O) groups excluding carboxylic acids is 2. The second kappa shape index (κ2) is 7.91. The number of hydrogen-bond donors (Lipinski definition) is 2. The summed E-state index contributed by atoms with van der Waals surface area (Å²) in [6.07, 6.45) is 3.60. The van der Waals surface area contributed by atoms with Gasteiger partial charge in [0.25, 0.3) is 0 Å². The van der Waals surface area contributed by atoms with Gasteiger partial charge in [-0.1, -0.05) is 6.07 Å². The van der Waals surface area contributed by atoms with E-state index in [4.69, 9.17) is 0 Å². The lowest BCUT2D eigenvalue weighted by Crippen LogP contribution is -2.34. The number of nitrogens with one attached hydrogen (secondary N) is 2. The van der Waals surface area contributed by atoms with E-state index in [2.05, 4.69) is 25.7 Å². The van der Waals surface area contributed by atoms with Gasteiger partial charge in [-0.2, -0.15) is 10.3 Å².